The van der Waals surface area contributed by atoms with Gasteiger partial charge in [0.1, 0.15) is 0 Å². The predicted octanol–water partition coefficient (Wildman–Crippen LogP) is 4.24. The molecule has 0 bridgehead atoms. The predicted molar refractivity (Wildman–Crippen MR) is 85.6 cm³/mol. The summed E-state index contributed by atoms with van der Waals surface area (Å²) in [4.78, 5) is 22.1. The van der Waals surface area contributed by atoms with Crippen molar-refractivity contribution in [3.05, 3.63) is 74.3 Å². The van der Waals surface area contributed by atoms with E-state index in [0.29, 0.717) is 12.0 Å². The minimum Gasteiger partial charge on any atom is -0.352 e. The third kappa shape index (κ3) is 4.93. The second-order valence-electron chi connectivity index (χ2n) is 5.12. The van der Waals surface area contributed by atoms with Crippen molar-refractivity contribution in [3.8, 4) is 0 Å². The standard InChI is InChI=1S/C16H12ClF3N2O3/c17-14-6-5-12(22(24)25)9-13(14)15(23)21-8-7-10-1-3-11(4-2-10)16(18,19)20/h1-6,9H,7-8H2,(H,21,23). The molecule has 0 aliphatic carbocycles. The number of hydrogen-bond donors (Lipinski definition) is 1. The van der Waals surface area contributed by atoms with E-state index in [-0.39, 0.29) is 22.8 Å². The molecule has 0 unspecified atom stereocenters. The summed E-state index contributed by atoms with van der Waals surface area (Å²) in [6, 6.07) is 8.09. The first-order valence-electron chi connectivity index (χ1n) is 7.07. The number of benzene rings is 2. The van der Waals surface area contributed by atoms with E-state index in [2.05, 4.69) is 5.32 Å². The normalized spacial score (nSPS) is 11.2. The van der Waals surface area contributed by atoms with Gasteiger partial charge in [-0.1, -0.05) is 23.7 Å². The highest BCUT2D eigenvalue weighted by Crippen LogP contribution is 2.29. The highest BCUT2D eigenvalue weighted by Gasteiger charge is 2.29. The minimum absolute atomic E-state index is 0.0386. The number of carbonyl (C=O) groups excluding carboxylic acids is 1. The molecule has 0 spiro atoms. The summed E-state index contributed by atoms with van der Waals surface area (Å²) in [7, 11) is 0. The lowest BCUT2D eigenvalue weighted by Crippen LogP contribution is -2.26. The summed E-state index contributed by atoms with van der Waals surface area (Å²) in [6.07, 6.45) is -4.10. The molecular weight excluding hydrogens is 361 g/mol. The molecular formula is C16H12ClF3N2O3. The molecule has 5 nitrogen and oxygen atoms in total. The van der Waals surface area contributed by atoms with Crippen molar-refractivity contribution < 1.29 is 22.9 Å². The van der Waals surface area contributed by atoms with E-state index in [0.717, 1.165) is 18.2 Å². The van der Waals surface area contributed by atoms with Gasteiger partial charge in [-0.25, -0.2) is 0 Å². The smallest absolute Gasteiger partial charge is 0.352 e. The highest BCUT2D eigenvalue weighted by molar-refractivity contribution is 6.33. The average Bonchev–Trinajstić information content (AvgIpc) is 2.54. The van der Waals surface area contributed by atoms with Gasteiger partial charge in [0.2, 0.25) is 0 Å². The topological polar surface area (TPSA) is 72.2 Å². The van der Waals surface area contributed by atoms with Crippen LogP contribution in [0.25, 0.3) is 0 Å². The SMILES string of the molecule is O=C(NCCc1ccc(C(F)(F)F)cc1)c1cc([N+](=O)[O-])ccc1Cl. The molecule has 25 heavy (non-hydrogen) atoms. The summed E-state index contributed by atoms with van der Waals surface area (Å²) >= 11 is 5.86. The van der Waals surface area contributed by atoms with Crippen molar-refractivity contribution in [2.24, 2.45) is 0 Å². The summed E-state index contributed by atoms with van der Waals surface area (Å²) in [5, 5.41) is 13.3. The number of amides is 1. The van der Waals surface area contributed by atoms with Gasteiger partial charge < -0.3 is 5.32 Å². The number of alkyl halides is 3. The number of carbonyl (C=O) groups is 1. The molecule has 0 saturated heterocycles. The molecule has 2 aromatic rings. The van der Waals surface area contributed by atoms with Gasteiger partial charge in [0.15, 0.2) is 0 Å². The van der Waals surface area contributed by atoms with Gasteiger partial charge in [-0.3, -0.25) is 14.9 Å². The molecule has 0 saturated carbocycles. The zero-order valence-electron chi connectivity index (χ0n) is 12.6. The number of nitro benzene ring substituents is 1. The van der Waals surface area contributed by atoms with Gasteiger partial charge in [-0.05, 0) is 30.2 Å². The molecule has 2 rings (SSSR count). The first-order chi connectivity index (χ1) is 11.7. The lowest BCUT2D eigenvalue weighted by Gasteiger charge is -2.09. The Bertz CT molecular complexity index is 792. The van der Waals surface area contributed by atoms with Crippen molar-refractivity contribution in [1.82, 2.24) is 5.32 Å². The van der Waals surface area contributed by atoms with Crippen molar-refractivity contribution in [2.75, 3.05) is 6.54 Å². The molecule has 1 N–H and O–H groups in total. The number of nitrogens with one attached hydrogen (secondary N) is 1. The van der Waals surface area contributed by atoms with E-state index in [1.807, 2.05) is 0 Å². The Kier molecular flexibility index (Phi) is 5.63. The average molecular weight is 373 g/mol. The quantitative estimate of drug-likeness (QED) is 0.630. The van der Waals surface area contributed by atoms with E-state index in [9.17, 15) is 28.1 Å². The maximum atomic E-state index is 12.5. The van der Waals surface area contributed by atoms with Crippen LogP contribution in [-0.2, 0) is 12.6 Å². The monoisotopic (exact) mass is 372 g/mol. The first kappa shape index (κ1) is 18.7. The van der Waals surface area contributed by atoms with E-state index >= 15 is 0 Å². The van der Waals surface area contributed by atoms with Crippen LogP contribution in [0.1, 0.15) is 21.5 Å². The second-order valence-corrected chi connectivity index (χ2v) is 5.53. The van der Waals surface area contributed by atoms with Crippen molar-refractivity contribution in [2.45, 2.75) is 12.6 Å². The van der Waals surface area contributed by atoms with Crippen LogP contribution < -0.4 is 5.32 Å². The van der Waals surface area contributed by atoms with Crippen LogP contribution in [0.2, 0.25) is 5.02 Å². The molecule has 0 radical (unpaired) electrons. The third-order valence-corrected chi connectivity index (χ3v) is 3.72. The molecule has 0 aliphatic rings. The van der Waals surface area contributed by atoms with Crippen molar-refractivity contribution in [1.29, 1.82) is 0 Å². The second kappa shape index (κ2) is 7.52. The fourth-order valence-corrected chi connectivity index (χ4v) is 2.28. The maximum absolute atomic E-state index is 12.5. The van der Waals surface area contributed by atoms with Gasteiger partial charge in [-0.15, -0.1) is 0 Å². The van der Waals surface area contributed by atoms with Crippen LogP contribution >= 0.6 is 11.6 Å². The summed E-state index contributed by atoms with van der Waals surface area (Å²) in [6.45, 7) is 0.142. The Morgan fingerprint density at radius 2 is 1.80 bits per heavy atom. The van der Waals surface area contributed by atoms with Crippen molar-refractivity contribution in [3.63, 3.8) is 0 Å². The van der Waals surface area contributed by atoms with Crippen LogP contribution in [0.3, 0.4) is 0 Å². The van der Waals surface area contributed by atoms with Gasteiger partial charge in [0.25, 0.3) is 11.6 Å². The van der Waals surface area contributed by atoms with Crippen LogP contribution in [0.15, 0.2) is 42.5 Å². The van der Waals surface area contributed by atoms with Gasteiger partial charge >= 0.3 is 6.18 Å². The minimum atomic E-state index is -4.40. The molecule has 0 fully saturated rings. The van der Waals surface area contributed by atoms with Crippen molar-refractivity contribution >= 4 is 23.2 Å². The number of halogens is 4. The Morgan fingerprint density at radius 1 is 1.16 bits per heavy atom. The molecule has 0 atom stereocenters. The summed E-state index contributed by atoms with van der Waals surface area (Å²) < 4.78 is 37.4. The largest absolute Gasteiger partial charge is 0.416 e. The number of hydrogen-bond acceptors (Lipinski definition) is 3. The molecule has 0 aliphatic heterocycles. The number of nitrogens with zero attached hydrogens (tertiary/aromatic N) is 1. The fourth-order valence-electron chi connectivity index (χ4n) is 2.08. The Morgan fingerprint density at radius 3 is 2.36 bits per heavy atom. The van der Waals surface area contributed by atoms with E-state index in [1.54, 1.807) is 0 Å². The molecule has 0 aromatic heterocycles. The molecule has 1 amide bonds. The van der Waals surface area contributed by atoms with Crippen LogP contribution in [-0.4, -0.2) is 17.4 Å². The Balaban J connectivity index is 1.97. The van der Waals surface area contributed by atoms with E-state index < -0.39 is 22.6 Å². The zero-order chi connectivity index (χ0) is 18.6. The lowest BCUT2D eigenvalue weighted by atomic mass is 10.1. The molecule has 0 heterocycles. The van der Waals surface area contributed by atoms with Gasteiger partial charge in [0.05, 0.1) is 21.1 Å². The summed E-state index contributed by atoms with van der Waals surface area (Å²) in [5.41, 5.74) is -0.442. The summed E-state index contributed by atoms with van der Waals surface area (Å²) in [5.74, 6) is -0.597. The van der Waals surface area contributed by atoms with Crippen LogP contribution in [0, 0.1) is 10.1 Å². The highest BCUT2D eigenvalue weighted by atomic mass is 35.5. The number of non-ortho nitro benzene ring substituents is 1. The lowest BCUT2D eigenvalue weighted by molar-refractivity contribution is -0.384. The number of nitro groups is 1. The third-order valence-electron chi connectivity index (χ3n) is 3.39. The van der Waals surface area contributed by atoms with Gasteiger partial charge in [-0.2, -0.15) is 13.2 Å². The van der Waals surface area contributed by atoms with Crippen LogP contribution in [0.5, 0.6) is 0 Å². The van der Waals surface area contributed by atoms with E-state index in [4.69, 9.17) is 11.6 Å². The number of rotatable bonds is 5. The molecule has 2 aromatic carbocycles. The van der Waals surface area contributed by atoms with E-state index in [1.165, 1.54) is 24.3 Å². The van der Waals surface area contributed by atoms with Crippen LogP contribution in [0.4, 0.5) is 18.9 Å². The first-order valence-corrected chi connectivity index (χ1v) is 7.44. The fraction of sp³-hybridized carbons (Fsp3) is 0.188. The maximum Gasteiger partial charge on any atom is 0.416 e. The van der Waals surface area contributed by atoms with Gasteiger partial charge in [0, 0.05) is 18.7 Å². The molecule has 132 valence electrons. The zero-order valence-corrected chi connectivity index (χ0v) is 13.4. The Labute approximate surface area is 145 Å². The Hall–Kier alpha value is -2.61. The molecule has 9 heteroatoms.